The van der Waals surface area contributed by atoms with Crippen molar-refractivity contribution in [3.63, 3.8) is 0 Å². The summed E-state index contributed by atoms with van der Waals surface area (Å²) in [6.07, 6.45) is -0.410. The van der Waals surface area contributed by atoms with Crippen molar-refractivity contribution in [3.8, 4) is 5.75 Å². The lowest BCUT2D eigenvalue weighted by Gasteiger charge is -2.30. The lowest BCUT2D eigenvalue weighted by atomic mass is 10.3. The monoisotopic (exact) mass is 346 g/mol. The summed E-state index contributed by atoms with van der Waals surface area (Å²) in [5.74, 6) is 0.0843. The van der Waals surface area contributed by atoms with Gasteiger partial charge in [-0.3, -0.25) is 4.90 Å². The molecule has 7 heteroatoms. The van der Waals surface area contributed by atoms with E-state index in [1.54, 1.807) is 0 Å². The minimum atomic E-state index is -0.410. The van der Waals surface area contributed by atoms with Gasteiger partial charge in [-0.05, 0) is 25.2 Å². The van der Waals surface area contributed by atoms with Gasteiger partial charge in [-0.25, -0.2) is 4.39 Å². The minimum absolute atomic E-state index is 0.264. The van der Waals surface area contributed by atoms with E-state index >= 15 is 0 Å². The molecule has 1 saturated heterocycles. The predicted molar refractivity (Wildman–Crippen MR) is 87.7 cm³/mol. The molecule has 1 aromatic rings. The quantitative estimate of drug-likeness (QED) is 0.772. The molecule has 0 spiro atoms. The third kappa shape index (κ3) is 6.61. The van der Waals surface area contributed by atoms with Crippen LogP contribution in [0.4, 0.5) is 4.39 Å². The molecule has 2 rings (SSSR count). The van der Waals surface area contributed by atoms with Crippen LogP contribution in [0.2, 0.25) is 5.02 Å². The smallest absolute Gasteiger partial charge is 0.138 e. The molecule has 0 saturated carbocycles. The molecular formula is C16H24ClFN2O3. The van der Waals surface area contributed by atoms with E-state index < -0.39 is 6.10 Å². The number of nitrogens with zero attached hydrogens (tertiary/aromatic N) is 2. The van der Waals surface area contributed by atoms with Crippen LogP contribution in [-0.4, -0.2) is 80.6 Å². The van der Waals surface area contributed by atoms with E-state index in [0.29, 0.717) is 32.0 Å². The van der Waals surface area contributed by atoms with Gasteiger partial charge in [0, 0.05) is 32.7 Å². The highest BCUT2D eigenvalue weighted by Gasteiger charge is 2.16. The zero-order valence-corrected chi connectivity index (χ0v) is 14.1. The van der Waals surface area contributed by atoms with Gasteiger partial charge in [0.05, 0.1) is 24.3 Å². The second-order valence-electron chi connectivity index (χ2n) is 5.75. The van der Waals surface area contributed by atoms with E-state index in [2.05, 4.69) is 4.90 Å². The number of aliphatic hydroxyl groups excluding tert-OH is 1. The average molecular weight is 347 g/mol. The number of aliphatic hydroxyl groups is 1. The van der Waals surface area contributed by atoms with Crippen LogP contribution in [0.3, 0.4) is 0 Å². The van der Waals surface area contributed by atoms with Gasteiger partial charge in [-0.1, -0.05) is 11.6 Å². The fourth-order valence-corrected chi connectivity index (χ4v) is 2.72. The Hall–Kier alpha value is -0.920. The number of halogens is 2. The number of morpholine rings is 1. The van der Waals surface area contributed by atoms with E-state index in [1.165, 1.54) is 18.2 Å². The van der Waals surface area contributed by atoms with E-state index in [9.17, 15) is 9.50 Å². The first-order chi connectivity index (χ1) is 11.0. The second kappa shape index (κ2) is 9.39. The summed E-state index contributed by atoms with van der Waals surface area (Å²) >= 11 is 5.90. The Labute approximate surface area is 141 Å². The van der Waals surface area contributed by atoms with Crippen molar-refractivity contribution in [1.82, 2.24) is 9.80 Å². The zero-order valence-electron chi connectivity index (χ0n) is 13.4. The molecule has 1 atom stereocenters. The molecule has 5 nitrogen and oxygen atoms in total. The summed E-state index contributed by atoms with van der Waals surface area (Å²) in [5.41, 5.74) is 0. The fourth-order valence-electron chi connectivity index (χ4n) is 2.49. The summed E-state index contributed by atoms with van der Waals surface area (Å²) in [6, 6.07) is 4.06. The Morgan fingerprint density at radius 2 is 2.17 bits per heavy atom. The van der Waals surface area contributed by atoms with Crippen LogP contribution < -0.4 is 4.74 Å². The van der Waals surface area contributed by atoms with E-state index in [0.717, 1.165) is 26.3 Å². The number of β-amino-alcohol motifs (C(OH)–C–C–N with tert-alkyl or cyclic N) is 1. The normalized spacial score (nSPS) is 17.4. The van der Waals surface area contributed by atoms with Gasteiger partial charge in [-0.2, -0.15) is 0 Å². The third-order valence-electron chi connectivity index (χ3n) is 3.72. The largest absolute Gasteiger partial charge is 0.491 e. The van der Waals surface area contributed by atoms with E-state index in [4.69, 9.17) is 21.1 Å². The molecule has 0 amide bonds. The lowest BCUT2D eigenvalue weighted by molar-refractivity contribution is 0.00812. The number of ether oxygens (including phenoxy) is 2. The second-order valence-corrected chi connectivity index (χ2v) is 6.16. The molecule has 130 valence electrons. The van der Waals surface area contributed by atoms with Gasteiger partial charge >= 0.3 is 0 Å². The molecule has 1 aliphatic heterocycles. The molecule has 1 heterocycles. The Kier molecular flexibility index (Phi) is 7.52. The number of rotatable bonds is 8. The molecule has 0 aromatic heterocycles. The molecule has 1 N–H and O–H groups in total. The topological polar surface area (TPSA) is 45.2 Å². The van der Waals surface area contributed by atoms with Gasteiger partial charge in [0.2, 0.25) is 0 Å². The molecule has 0 radical (unpaired) electrons. The van der Waals surface area contributed by atoms with Crippen LogP contribution in [0.15, 0.2) is 18.2 Å². The Morgan fingerprint density at radius 3 is 2.87 bits per heavy atom. The first-order valence-electron chi connectivity index (χ1n) is 7.79. The fraction of sp³-hybridized carbons (Fsp3) is 0.625. The maximum Gasteiger partial charge on any atom is 0.138 e. The predicted octanol–water partition coefficient (Wildman–Crippen LogP) is 1.48. The molecular weight excluding hydrogens is 323 g/mol. The number of hydrogen-bond acceptors (Lipinski definition) is 5. The summed E-state index contributed by atoms with van der Waals surface area (Å²) in [6.45, 7) is 5.49. The van der Waals surface area contributed by atoms with Crippen molar-refractivity contribution in [3.05, 3.63) is 29.0 Å². The minimum Gasteiger partial charge on any atom is -0.491 e. The first-order valence-corrected chi connectivity index (χ1v) is 8.17. The Morgan fingerprint density at radius 1 is 1.43 bits per heavy atom. The van der Waals surface area contributed by atoms with Crippen molar-refractivity contribution in [2.24, 2.45) is 0 Å². The highest BCUT2D eigenvalue weighted by molar-refractivity contribution is 6.32. The van der Waals surface area contributed by atoms with Gasteiger partial charge < -0.3 is 19.5 Å². The Bertz CT molecular complexity index is 486. The van der Waals surface area contributed by atoms with Crippen molar-refractivity contribution in [1.29, 1.82) is 0 Å². The van der Waals surface area contributed by atoms with Gasteiger partial charge in [0.25, 0.3) is 0 Å². The van der Waals surface area contributed by atoms with Crippen molar-refractivity contribution in [2.45, 2.75) is 6.10 Å². The van der Waals surface area contributed by atoms with Gasteiger partial charge in [-0.15, -0.1) is 0 Å². The average Bonchev–Trinajstić information content (AvgIpc) is 2.50. The summed E-state index contributed by atoms with van der Waals surface area (Å²) in [5, 5.41) is 10.4. The molecule has 1 aliphatic rings. The van der Waals surface area contributed by atoms with Crippen molar-refractivity contribution >= 4 is 11.6 Å². The molecule has 23 heavy (non-hydrogen) atoms. The molecule has 0 bridgehead atoms. The van der Waals surface area contributed by atoms with Crippen LogP contribution >= 0.6 is 11.6 Å². The number of hydrogen-bond donors (Lipinski definition) is 1. The van der Waals surface area contributed by atoms with Crippen LogP contribution in [0.5, 0.6) is 5.75 Å². The molecule has 0 aliphatic carbocycles. The first kappa shape index (κ1) is 18.4. The van der Waals surface area contributed by atoms with Crippen LogP contribution in [-0.2, 0) is 4.74 Å². The number of benzene rings is 1. The standard InChI is InChI=1S/C16H24ClFN2O3/c1-19(11-14(21)12-20-5-7-22-8-6-20)4-9-23-16-3-2-13(18)10-15(16)17/h2-3,10,14,21H,4-9,11-12H2,1H3. The molecule has 1 fully saturated rings. The van der Waals surface area contributed by atoms with Crippen molar-refractivity contribution < 1.29 is 19.0 Å². The summed E-state index contributed by atoms with van der Waals surface area (Å²) in [4.78, 5) is 4.21. The Balaban J connectivity index is 1.64. The van der Waals surface area contributed by atoms with Gasteiger partial charge in [0.15, 0.2) is 0 Å². The lowest BCUT2D eigenvalue weighted by Crippen LogP contribution is -2.44. The highest BCUT2D eigenvalue weighted by atomic mass is 35.5. The van der Waals surface area contributed by atoms with E-state index in [1.807, 2.05) is 11.9 Å². The van der Waals surface area contributed by atoms with E-state index in [-0.39, 0.29) is 10.8 Å². The maximum absolute atomic E-state index is 12.9. The number of likely N-dealkylation sites (N-methyl/N-ethyl adjacent to an activating group) is 1. The van der Waals surface area contributed by atoms with Crippen LogP contribution in [0.1, 0.15) is 0 Å². The van der Waals surface area contributed by atoms with Crippen molar-refractivity contribution in [2.75, 3.05) is 59.6 Å². The summed E-state index contributed by atoms with van der Waals surface area (Å²) < 4.78 is 23.8. The van der Waals surface area contributed by atoms with Crippen LogP contribution in [0.25, 0.3) is 0 Å². The maximum atomic E-state index is 12.9. The molecule has 1 unspecified atom stereocenters. The third-order valence-corrected chi connectivity index (χ3v) is 4.01. The van der Waals surface area contributed by atoms with Gasteiger partial charge in [0.1, 0.15) is 18.2 Å². The van der Waals surface area contributed by atoms with Crippen LogP contribution in [0, 0.1) is 5.82 Å². The SMILES string of the molecule is CN(CCOc1ccc(F)cc1Cl)CC(O)CN1CCOCC1. The summed E-state index contributed by atoms with van der Waals surface area (Å²) in [7, 11) is 1.93. The molecule has 1 aromatic carbocycles. The zero-order chi connectivity index (χ0) is 16.7. The highest BCUT2D eigenvalue weighted by Crippen LogP contribution is 2.24.